The van der Waals surface area contributed by atoms with Crippen LogP contribution in [0.2, 0.25) is 0 Å². The van der Waals surface area contributed by atoms with Gasteiger partial charge in [-0.1, -0.05) is 6.92 Å². The molecule has 12 heavy (non-hydrogen) atoms. The smallest absolute Gasteiger partial charge is 0.0648 e. The monoisotopic (exact) mass is 173 g/mol. The molecule has 0 saturated heterocycles. The molecule has 0 radical (unpaired) electrons. The van der Waals surface area contributed by atoms with Crippen LogP contribution in [0.3, 0.4) is 0 Å². The van der Waals surface area contributed by atoms with E-state index in [-0.39, 0.29) is 5.60 Å². The molecule has 0 fully saturated rings. The summed E-state index contributed by atoms with van der Waals surface area (Å²) in [5.74, 6) is 0.602. The van der Waals surface area contributed by atoms with E-state index in [1.807, 2.05) is 0 Å². The van der Waals surface area contributed by atoms with Crippen molar-refractivity contribution in [2.45, 2.75) is 32.8 Å². The molecule has 0 bridgehead atoms. The first-order chi connectivity index (χ1) is 5.40. The Hall–Kier alpha value is -0.0800. The minimum Gasteiger partial charge on any atom is -0.379 e. The van der Waals surface area contributed by atoms with Gasteiger partial charge in [-0.05, 0) is 46.8 Å². The van der Waals surface area contributed by atoms with Crippen LogP contribution in [0.15, 0.2) is 0 Å². The van der Waals surface area contributed by atoms with E-state index in [0.717, 1.165) is 6.54 Å². The zero-order valence-electron chi connectivity index (χ0n) is 9.35. The second-order valence-electron chi connectivity index (χ2n) is 4.30. The van der Waals surface area contributed by atoms with Crippen LogP contribution in [0.5, 0.6) is 0 Å². The van der Waals surface area contributed by atoms with Gasteiger partial charge in [-0.2, -0.15) is 0 Å². The van der Waals surface area contributed by atoms with E-state index in [0.29, 0.717) is 5.92 Å². The summed E-state index contributed by atoms with van der Waals surface area (Å²) in [5, 5.41) is 0. The second kappa shape index (κ2) is 4.83. The molecule has 0 aromatic carbocycles. The predicted molar refractivity (Wildman–Crippen MR) is 53.4 cm³/mol. The molecule has 2 heteroatoms. The van der Waals surface area contributed by atoms with E-state index in [1.165, 1.54) is 6.42 Å². The summed E-state index contributed by atoms with van der Waals surface area (Å²) in [5.41, 5.74) is 0.00993. The number of hydrogen-bond acceptors (Lipinski definition) is 2. The van der Waals surface area contributed by atoms with Gasteiger partial charge in [0.15, 0.2) is 0 Å². The van der Waals surface area contributed by atoms with Gasteiger partial charge >= 0.3 is 0 Å². The van der Waals surface area contributed by atoms with Crippen LogP contribution in [-0.2, 0) is 4.74 Å². The third kappa shape index (κ3) is 4.07. The highest BCUT2D eigenvalue weighted by Gasteiger charge is 2.24. The van der Waals surface area contributed by atoms with E-state index in [4.69, 9.17) is 4.74 Å². The lowest BCUT2D eigenvalue weighted by Crippen LogP contribution is -2.33. The summed E-state index contributed by atoms with van der Waals surface area (Å²) in [4.78, 5) is 2.21. The van der Waals surface area contributed by atoms with E-state index in [9.17, 15) is 0 Å². The summed E-state index contributed by atoms with van der Waals surface area (Å²) in [6, 6.07) is 0. The normalized spacial score (nSPS) is 15.2. The van der Waals surface area contributed by atoms with Gasteiger partial charge in [0.1, 0.15) is 0 Å². The fourth-order valence-electron chi connectivity index (χ4n) is 1.00. The Kier molecular flexibility index (Phi) is 4.80. The average molecular weight is 173 g/mol. The van der Waals surface area contributed by atoms with Gasteiger partial charge in [0, 0.05) is 7.11 Å². The van der Waals surface area contributed by atoms with Crippen LogP contribution in [-0.4, -0.2) is 38.3 Å². The van der Waals surface area contributed by atoms with Crippen molar-refractivity contribution in [1.82, 2.24) is 4.90 Å². The zero-order chi connectivity index (χ0) is 9.78. The van der Waals surface area contributed by atoms with Gasteiger partial charge in [0.2, 0.25) is 0 Å². The maximum absolute atomic E-state index is 5.41. The molecule has 0 saturated carbocycles. The molecular weight excluding hydrogens is 150 g/mol. The molecule has 0 aromatic heterocycles. The molecule has 1 atom stereocenters. The second-order valence-corrected chi connectivity index (χ2v) is 4.30. The lowest BCUT2D eigenvalue weighted by atomic mass is 9.89. The SMILES string of the molecule is COC(C)(C)C(C)CCN(C)C. The van der Waals surface area contributed by atoms with Crippen molar-refractivity contribution in [2.75, 3.05) is 27.7 Å². The number of nitrogens with zero attached hydrogens (tertiary/aromatic N) is 1. The van der Waals surface area contributed by atoms with Crippen molar-refractivity contribution in [2.24, 2.45) is 5.92 Å². The van der Waals surface area contributed by atoms with Crippen molar-refractivity contribution in [3.05, 3.63) is 0 Å². The number of hydrogen-bond donors (Lipinski definition) is 0. The fourth-order valence-corrected chi connectivity index (χ4v) is 1.00. The molecule has 0 amide bonds. The van der Waals surface area contributed by atoms with Crippen LogP contribution in [0.4, 0.5) is 0 Å². The van der Waals surface area contributed by atoms with E-state index in [2.05, 4.69) is 39.8 Å². The molecule has 0 aromatic rings. The van der Waals surface area contributed by atoms with Crippen molar-refractivity contribution in [3.63, 3.8) is 0 Å². The Balaban J connectivity index is 3.78. The van der Waals surface area contributed by atoms with Crippen molar-refractivity contribution < 1.29 is 4.74 Å². The van der Waals surface area contributed by atoms with E-state index in [1.54, 1.807) is 7.11 Å². The first-order valence-electron chi connectivity index (χ1n) is 4.60. The molecule has 0 rings (SSSR count). The van der Waals surface area contributed by atoms with Gasteiger partial charge in [-0.15, -0.1) is 0 Å². The third-order valence-corrected chi connectivity index (χ3v) is 2.72. The molecule has 0 spiro atoms. The molecule has 0 heterocycles. The molecular formula is C10H23NO. The zero-order valence-corrected chi connectivity index (χ0v) is 9.35. The molecule has 2 nitrogen and oxygen atoms in total. The van der Waals surface area contributed by atoms with Crippen molar-refractivity contribution in [3.8, 4) is 0 Å². The predicted octanol–water partition coefficient (Wildman–Crippen LogP) is 2.00. The van der Waals surface area contributed by atoms with Crippen LogP contribution in [0.25, 0.3) is 0 Å². The van der Waals surface area contributed by atoms with E-state index >= 15 is 0 Å². The molecule has 0 N–H and O–H groups in total. The van der Waals surface area contributed by atoms with Crippen molar-refractivity contribution in [1.29, 1.82) is 0 Å². The van der Waals surface area contributed by atoms with Crippen molar-refractivity contribution >= 4 is 0 Å². The van der Waals surface area contributed by atoms with Gasteiger partial charge in [0.05, 0.1) is 5.60 Å². The number of rotatable bonds is 5. The molecule has 0 aliphatic heterocycles. The van der Waals surface area contributed by atoms with Crippen LogP contribution in [0.1, 0.15) is 27.2 Å². The minimum atomic E-state index is 0.00993. The topological polar surface area (TPSA) is 12.5 Å². The molecule has 74 valence electrons. The highest BCUT2D eigenvalue weighted by atomic mass is 16.5. The summed E-state index contributed by atoms with van der Waals surface area (Å²) in [6.45, 7) is 7.67. The summed E-state index contributed by atoms with van der Waals surface area (Å²) < 4.78 is 5.41. The standard InChI is InChI=1S/C10H23NO/c1-9(7-8-11(4)5)10(2,3)12-6/h9H,7-8H2,1-6H3. The van der Waals surface area contributed by atoms with E-state index < -0.39 is 0 Å². The maximum Gasteiger partial charge on any atom is 0.0648 e. The van der Waals surface area contributed by atoms with Gasteiger partial charge in [-0.25, -0.2) is 0 Å². The Morgan fingerprint density at radius 2 is 1.83 bits per heavy atom. The third-order valence-electron chi connectivity index (χ3n) is 2.72. The first kappa shape index (κ1) is 11.9. The number of ether oxygens (including phenoxy) is 1. The lowest BCUT2D eigenvalue weighted by Gasteiger charge is -2.31. The van der Waals surface area contributed by atoms with Crippen LogP contribution < -0.4 is 0 Å². The first-order valence-corrected chi connectivity index (χ1v) is 4.60. The quantitative estimate of drug-likeness (QED) is 0.630. The Morgan fingerprint density at radius 3 is 2.17 bits per heavy atom. The van der Waals surface area contributed by atoms with Crippen LogP contribution in [0, 0.1) is 5.92 Å². The summed E-state index contributed by atoms with van der Waals surface area (Å²) >= 11 is 0. The van der Waals surface area contributed by atoms with Gasteiger partial charge in [0.25, 0.3) is 0 Å². The highest BCUT2D eigenvalue weighted by molar-refractivity contribution is 4.75. The van der Waals surface area contributed by atoms with Crippen LogP contribution >= 0.6 is 0 Å². The Morgan fingerprint density at radius 1 is 1.33 bits per heavy atom. The maximum atomic E-state index is 5.41. The molecule has 0 aliphatic carbocycles. The fraction of sp³-hybridized carbons (Fsp3) is 1.00. The largest absolute Gasteiger partial charge is 0.379 e. The lowest BCUT2D eigenvalue weighted by molar-refractivity contribution is -0.0259. The highest BCUT2D eigenvalue weighted by Crippen LogP contribution is 2.22. The summed E-state index contributed by atoms with van der Waals surface area (Å²) in [6.07, 6.45) is 1.19. The number of methoxy groups -OCH3 is 1. The molecule has 1 unspecified atom stereocenters. The minimum absolute atomic E-state index is 0.00993. The average Bonchev–Trinajstić information content (AvgIpc) is 2.00. The molecule has 0 aliphatic rings. The Labute approximate surface area is 76.9 Å². The Bertz CT molecular complexity index is 121. The van der Waals surface area contributed by atoms with Gasteiger partial charge in [-0.3, -0.25) is 0 Å². The van der Waals surface area contributed by atoms with Gasteiger partial charge < -0.3 is 9.64 Å². The summed E-state index contributed by atoms with van der Waals surface area (Å²) in [7, 11) is 5.99.